The molecule has 0 unspecified atom stereocenters. The Morgan fingerprint density at radius 3 is 2.76 bits per heavy atom. The second-order valence-electron chi connectivity index (χ2n) is 4.18. The number of aldehydes is 1. The van der Waals surface area contributed by atoms with Gasteiger partial charge in [-0.3, -0.25) is 4.90 Å². The third-order valence-corrected chi connectivity index (χ3v) is 2.89. The zero-order valence-electron chi connectivity index (χ0n) is 10.9. The van der Waals surface area contributed by atoms with Crippen molar-refractivity contribution in [3.8, 4) is 5.75 Å². The molecule has 0 heterocycles. The molecule has 1 aromatic rings. The van der Waals surface area contributed by atoms with Crippen molar-refractivity contribution in [3.05, 3.63) is 29.3 Å². The molecule has 0 bridgehead atoms. The lowest BCUT2D eigenvalue weighted by Crippen LogP contribution is -2.23. The van der Waals surface area contributed by atoms with Gasteiger partial charge in [0, 0.05) is 6.54 Å². The third-order valence-electron chi connectivity index (χ3n) is 2.89. The molecule has 1 rings (SSSR count). The largest absolute Gasteiger partial charge is 0.496 e. The number of carbonyl (C=O) groups excluding carboxylic acids is 1. The van der Waals surface area contributed by atoms with Gasteiger partial charge in [0.15, 0.2) is 0 Å². The van der Waals surface area contributed by atoms with Crippen molar-refractivity contribution < 1.29 is 9.53 Å². The first-order chi connectivity index (χ1) is 8.21. The van der Waals surface area contributed by atoms with Crippen LogP contribution in [0.2, 0.25) is 0 Å². The van der Waals surface area contributed by atoms with E-state index in [-0.39, 0.29) is 0 Å². The van der Waals surface area contributed by atoms with Gasteiger partial charge < -0.3 is 9.53 Å². The summed E-state index contributed by atoms with van der Waals surface area (Å²) in [6.07, 6.45) is 2.87. The van der Waals surface area contributed by atoms with Crippen molar-refractivity contribution in [2.24, 2.45) is 0 Å². The Kier molecular flexibility index (Phi) is 5.70. The highest BCUT2D eigenvalue weighted by Crippen LogP contribution is 2.20. The number of hydrogen-bond acceptors (Lipinski definition) is 3. The molecule has 0 N–H and O–H groups in total. The molecule has 0 aliphatic heterocycles. The van der Waals surface area contributed by atoms with Gasteiger partial charge in [0.05, 0.1) is 13.7 Å². The Bertz CT molecular complexity index is 363. The third kappa shape index (κ3) is 4.19. The average Bonchev–Trinajstić information content (AvgIpc) is 2.36. The maximum atomic E-state index is 10.4. The summed E-state index contributed by atoms with van der Waals surface area (Å²) in [5.74, 6) is 0.956. The summed E-state index contributed by atoms with van der Waals surface area (Å²) < 4.78 is 5.30. The first kappa shape index (κ1) is 13.7. The molecule has 3 heteroatoms. The molecule has 0 atom stereocenters. The topological polar surface area (TPSA) is 29.5 Å². The average molecular weight is 235 g/mol. The van der Waals surface area contributed by atoms with Crippen molar-refractivity contribution in [2.75, 3.05) is 27.2 Å². The molecule has 0 amide bonds. The first-order valence-electron chi connectivity index (χ1n) is 5.99. The highest BCUT2D eigenvalue weighted by Gasteiger charge is 2.03. The fraction of sp³-hybridized carbons (Fsp3) is 0.500. The number of rotatable bonds is 7. The number of nitrogens with zero attached hydrogens (tertiary/aromatic N) is 1. The second-order valence-corrected chi connectivity index (χ2v) is 4.18. The minimum absolute atomic E-state index is 0.497. The molecule has 94 valence electrons. The van der Waals surface area contributed by atoms with E-state index in [9.17, 15) is 4.79 Å². The summed E-state index contributed by atoms with van der Waals surface area (Å²) in [5.41, 5.74) is 2.53. The minimum atomic E-state index is 0.497. The number of aryl methyl sites for hydroxylation is 1. The Morgan fingerprint density at radius 1 is 1.41 bits per heavy atom. The molecule has 0 radical (unpaired) electrons. The maximum Gasteiger partial charge on any atom is 0.133 e. The Hall–Kier alpha value is -1.35. The van der Waals surface area contributed by atoms with E-state index in [1.165, 1.54) is 11.1 Å². The lowest BCUT2D eigenvalue weighted by molar-refractivity contribution is -0.108. The van der Waals surface area contributed by atoms with Crippen LogP contribution in [0, 0.1) is 0 Å². The van der Waals surface area contributed by atoms with Gasteiger partial charge in [0.2, 0.25) is 0 Å². The predicted octanol–water partition coefficient (Wildman–Crippen LogP) is 1.93. The van der Waals surface area contributed by atoms with Crippen molar-refractivity contribution in [1.29, 1.82) is 0 Å². The Balaban J connectivity index is 2.62. The molecule has 0 aliphatic carbocycles. The van der Waals surface area contributed by atoms with Gasteiger partial charge >= 0.3 is 0 Å². The molecule has 1 aromatic carbocycles. The van der Waals surface area contributed by atoms with Gasteiger partial charge in [-0.05, 0) is 37.1 Å². The summed E-state index contributed by atoms with van der Waals surface area (Å²) in [4.78, 5) is 12.4. The van der Waals surface area contributed by atoms with Crippen LogP contribution in [0.5, 0.6) is 5.75 Å². The molecule has 0 aliphatic rings. The number of benzene rings is 1. The maximum absolute atomic E-state index is 10.4. The van der Waals surface area contributed by atoms with E-state index >= 15 is 0 Å². The smallest absolute Gasteiger partial charge is 0.133 e. The minimum Gasteiger partial charge on any atom is -0.496 e. The quantitative estimate of drug-likeness (QED) is 0.676. The zero-order valence-corrected chi connectivity index (χ0v) is 10.9. The van der Waals surface area contributed by atoms with Crippen LogP contribution in [0.25, 0.3) is 0 Å². The van der Waals surface area contributed by atoms with Crippen molar-refractivity contribution >= 4 is 6.29 Å². The number of carbonyl (C=O) groups is 1. The first-order valence-corrected chi connectivity index (χ1v) is 5.99. The summed E-state index contributed by atoms with van der Waals surface area (Å²) in [7, 11) is 3.66. The summed E-state index contributed by atoms with van der Waals surface area (Å²) in [6.45, 7) is 3.52. The summed E-state index contributed by atoms with van der Waals surface area (Å²) >= 11 is 0. The van der Waals surface area contributed by atoms with Crippen LogP contribution < -0.4 is 4.74 Å². The molecular weight excluding hydrogens is 214 g/mol. The van der Waals surface area contributed by atoms with E-state index < -0.39 is 0 Å². The van der Waals surface area contributed by atoms with Crippen molar-refractivity contribution in [3.63, 3.8) is 0 Å². The second kappa shape index (κ2) is 7.07. The van der Waals surface area contributed by atoms with Gasteiger partial charge in [-0.25, -0.2) is 0 Å². The van der Waals surface area contributed by atoms with E-state index in [4.69, 9.17) is 4.74 Å². The predicted molar refractivity (Wildman–Crippen MR) is 69.6 cm³/mol. The number of methoxy groups -OCH3 is 1. The molecule has 0 saturated carbocycles. The van der Waals surface area contributed by atoms with Crippen LogP contribution in [0.15, 0.2) is 18.2 Å². The monoisotopic (exact) mass is 235 g/mol. The molecule has 0 aromatic heterocycles. The highest BCUT2D eigenvalue weighted by molar-refractivity contribution is 5.51. The normalized spacial score (nSPS) is 10.6. The van der Waals surface area contributed by atoms with Crippen molar-refractivity contribution in [1.82, 2.24) is 4.90 Å². The molecular formula is C14H21NO2. The van der Waals surface area contributed by atoms with Crippen molar-refractivity contribution in [2.45, 2.75) is 19.8 Å². The van der Waals surface area contributed by atoms with E-state index in [0.717, 1.165) is 31.4 Å². The van der Waals surface area contributed by atoms with Crippen LogP contribution in [-0.4, -0.2) is 38.4 Å². The lowest BCUT2D eigenvalue weighted by atomic mass is 10.1. The number of ether oxygens (including phenoxy) is 1. The summed E-state index contributed by atoms with van der Waals surface area (Å²) in [6, 6.07) is 6.30. The number of likely N-dealkylation sites (N-methyl/N-ethyl adjacent to an activating group) is 1. The van der Waals surface area contributed by atoms with Crippen LogP contribution in [0.1, 0.15) is 18.1 Å². The fourth-order valence-electron chi connectivity index (χ4n) is 1.80. The molecule has 0 saturated heterocycles. The Labute approximate surface area is 103 Å². The van der Waals surface area contributed by atoms with E-state index in [2.05, 4.69) is 19.1 Å². The summed E-state index contributed by atoms with van der Waals surface area (Å²) in [5, 5.41) is 0. The molecule has 3 nitrogen and oxygen atoms in total. The van der Waals surface area contributed by atoms with E-state index in [1.807, 2.05) is 18.0 Å². The highest BCUT2D eigenvalue weighted by atomic mass is 16.5. The zero-order chi connectivity index (χ0) is 12.7. The van der Waals surface area contributed by atoms with Gasteiger partial charge in [-0.15, -0.1) is 0 Å². The van der Waals surface area contributed by atoms with Crippen LogP contribution in [-0.2, 0) is 17.6 Å². The lowest BCUT2D eigenvalue weighted by Gasteiger charge is -2.14. The SMILES string of the molecule is CCc1cc(CCN(C)CC=O)ccc1OC. The molecule has 17 heavy (non-hydrogen) atoms. The van der Waals surface area contributed by atoms with Gasteiger partial charge in [0.1, 0.15) is 12.0 Å². The number of hydrogen-bond donors (Lipinski definition) is 0. The molecule has 0 spiro atoms. The van der Waals surface area contributed by atoms with Crippen LogP contribution in [0.3, 0.4) is 0 Å². The van der Waals surface area contributed by atoms with E-state index in [0.29, 0.717) is 6.54 Å². The molecule has 0 fully saturated rings. The fourth-order valence-corrected chi connectivity index (χ4v) is 1.80. The van der Waals surface area contributed by atoms with Gasteiger partial charge in [-0.2, -0.15) is 0 Å². The van der Waals surface area contributed by atoms with Crippen LogP contribution in [0.4, 0.5) is 0 Å². The van der Waals surface area contributed by atoms with Crippen LogP contribution >= 0.6 is 0 Å². The van der Waals surface area contributed by atoms with Gasteiger partial charge in [-0.1, -0.05) is 19.1 Å². The van der Waals surface area contributed by atoms with Gasteiger partial charge in [0.25, 0.3) is 0 Å². The van der Waals surface area contributed by atoms with E-state index in [1.54, 1.807) is 7.11 Å². The Morgan fingerprint density at radius 2 is 2.18 bits per heavy atom. The standard InChI is InChI=1S/C14H21NO2/c1-4-13-11-12(5-6-14(13)17-3)7-8-15(2)9-10-16/h5-6,10-11H,4,7-9H2,1-3H3.